The smallest absolute Gasteiger partial charge is 0.159 e. The lowest BCUT2D eigenvalue weighted by molar-refractivity contribution is -0.134. The van der Waals surface area contributed by atoms with E-state index in [0.29, 0.717) is 34.4 Å². The monoisotopic (exact) mass is 384 g/mol. The first kappa shape index (κ1) is 20.7. The van der Waals surface area contributed by atoms with Gasteiger partial charge in [0, 0.05) is 5.92 Å². The highest BCUT2D eigenvalue weighted by atomic mass is 16.1. The van der Waals surface area contributed by atoms with Gasteiger partial charge in [-0.3, -0.25) is 4.79 Å². The fraction of sp³-hybridized carbons (Fsp3) is 0.889. The van der Waals surface area contributed by atoms with Gasteiger partial charge in [-0.1, -0.05) is 65.9 Å². The van der Waals surface area contributed by atoms with E-state index in [1.165, 1.54) is 76.2 Å². The fourth-order valence-electron chi connectivity index (χ4n) is 8.46. The van der Waals surface area contributed by atoms with Gasteiger partial charge in [-0.15, -0.1) is 0 Å². The van der Waals surface area contributed by atoms with Gasteiger partial charge in [0.1, 0.15) is 0 Å². The summed E-state index contributed by atoms with van der Waals surface area (Å²) in [4.78, 5) is 13.4. The molecule has 0 aromatic heterocycles. The van der Waals surface area contributed by atoms with Gasteiger partial charge >= 0.3 is 0 Å². The second-order valence-corrected chi connectivity index (χ2v) is 12.0. The van der Waals surface area contributed by atoms with E-state index >= 15 is 0 Å². The highest BCUT2D eigenvalue weighted by Crippen LogP contribution is 2.66. The number of fused-ring (bicyclic) bond motifs is 5. The first-order valence-corrected chi connectivity index (χ1v) is 12.5. The number of ketones is 1. The Morgan fingerprint density at radius 3 is 2.54 bits per heavy atom. The average Bonchev–Trinajstić information content (AvgIpc) is 2.99. The maximum absolute atomic E-state index is 13.4. The molecule has 0 spiro atoms. The molecule has 0 radical (unpaired) electrons. The highest BCUT2D eigenvalue weighted by Gasteiger charge is 2.60. The minimum Gasteiger partial charge on any atom is -0.295 e. The molecule has 0 bridgehead atoms. The third-order valence-corrected chi connectivity index (χ3v) is 10.1. The lowest BCUT2D eigenvalue weighted by Gasteiger charge is -2.57. The molecule has 158 valence electrons. The van der Waals surface area contributed by atoms with Crippen LogP contribution in [0.2, 0.25) is 0 Å². The Labute approximate surface area is 174 Å². The molecule has 0 aliphatic heterocycles. The van der Waals surface area contributed by atoms with Crippen molar-refractivity contribution in [2.45, 2.75) is 105 Å². The molecule has 4 rings (SSSR count). The van der Waals surface area contributed by atoms with E-state index < -0.39 is 0 Å². The van der Waals surface area contributed by atoms with E-state index in [9.17, 15) is 4.79 Å². The number of hydrogen-bond donors (Lipinski definition) is 0. The van der Waals surface area contributed by atoms with Gasteiger partial charge < -0.3 is 0 Å². The van der Waals surface area contributed by atoms with E-state index in [-0.39, 0.29) is 0 Å². The van der Waals surface area contributed by atoms with E-state index in [0.717, 1.165) is 17.8 Å². The van der Waals surface area contributed by atoms with Crippen molar-refractivity contribution >= 4 is 5.78 Å². The van der Waals surface area contributed by atoms with Crippen molar-refractivity contribution in [3.05, 3.63) is 11.6 Å². The summed E-state index contributed by atoms with van der Waals surface area (Å²) in [5, 5.41) is 0. The van der Waals surface area contributed by atoms with Crippen LogP contribution in [-0.4, -0.2) is 5.78 Å². The summed E-state index contributed by atoms with van der Waals surface area (Å²) in [5.41, 5.74) is 2.26. The van der Waals surface area contributed by atoms with Crippen molar-refractivity contribution < 1.29 is 4.79 Å². The average molecular weight is 385 g/mol. The summed E-state index contributed by atoms with van der Waals surface area (Å²) in [5.74, 6) is 4.61. The van der Waals surface area contributed by atoms with Crippen LogP contribution in [0.15, 0.2) is 11.6 Å². The maximum Gasteiger partial charge on any atom is 0.159 e. The van der Waals surface area contributed by atoms with Gasteiger partial charge in [0.05, 0.1) is 0 Å². The molecule has 3 saturated carbocycles. The molecule has 0 N–H and O–H groups in total. The second-order valence-electron chi connectivity index (χ2n) is 12.0. The maximum atomic E-state index is 13.4. The van der Waals surface area contributed by atoms with Crippen LogP contribution in [0.3, 0.4) is 0 Å². The summed E-state index contributed by atoms with van der Waals surface area (Å²) in [7, 11) is 0. The first-order chi connectivity index (χ1) is 13.3. The van der Waals surface area contributed by atoms with E-state index in [1.54, 1.807) is 0 Å². The van der Waals surface area contributed by atoms with Crippen LogP contribution in [0, 0.1) is 46.3 Å². The van der Waals surface area contributed by atoms with E-state index in [1.807, 2.05) is 0 Å². The van der Waals surface area contributed by atoms with Crippen LogP contribution in [0.4, 0.5) is 0 Å². The molecule has 0 aromatic carbocycles. The molecule has 4 aliphatic rings. The van der Waals surface area contributed by atoms with Gasteiger partial charge in [0.2, 0.25) is 0 Å². The van der Waals surface area contributed by atoms with Crippen LogP contribution in [0.5, 0.6) is 0 Å². The summed E-state index contributed by atoms with van der Waals surface area (Å²) in [6, 6.07) is 0. The van der Waals surface area contributed by atoms with Crippen molar-refractivity contribution in [1.29, 1.82) is 0 Å². The van der Waals surface area contributed by atoms with E-state index in [2.05, 4.69) is 40.7 Å². The summed E-state index contributed by atoms with van der Waals surface area (Å²) in [6.07, 6.45) is 16.8. The molecule has 7 atom stereocenters. The number of allylic oxidation sites excluding steroid dienone is 2. The zero-order valence-electron chi connectivity index (χ0n) is 19.2. The second kappa shape index (κ2) is 7.59. The Hall–Kier alpha value is -0.590. The summed E-state index contributed by atoms with van der Waals surface area (Å²) in [6.45, 7) is 12.3. The predicted molar refractivity (Wildman–Crippen MR) is 118 cm³/mol. The molecule has 0 saturated heterocycles. The molecular formula is C27H44O. The van der Waals surface area contributed by atoms with Crippen LogP contribution in [0.1, 0.15) is 105 Å². The van der Waals surface area contributed by atoms with E-state index in [4.69, 9.17) is 0 Å². The fourth-order valence-corrected chi connectivity index (χ4v) is 8.46. The van der Waals surface area contributed by atoms with Crippen LogP contribution >= 0.6 is 0 Å². The van der Waals surface area contributed by atoms with Crippen molar-refractivity contribution in [3.8, 4) is 0 Å². The third kappa shape index (κ3) is 3.24. The normalized spacial score (nSPS) is 43.9. The highest BCUT2D eigenvalue weighted by molar-refractivity contribution is 5.94. The predicted octanol–water partition coefficient (Wildman–Crippen LogP) is 7.60. The molecule has 0 unspecified atom stereocenters. The number of carbonyl (C=O) groups is 1. The molecule has 3 fully saturated rings. The Bertz CT molecular complexity index is 630. The molecule has 0 amide bonds. The molecular weight excluding hydrogens is 340 g/mol. The lowest BCUT2D eigenvalue weighted by Crippen LogP contribution is -2.53. The quantitative estimate of drug-likeness (QED) is 0.477. The zero-order valence-corrected chi connectivity index (χ0v) is 19.2. The zero-order chi connectivity index (χ0) is 20.1. The first-order valence-electron chi connectivity index (χ1n) is 12.5. The number of rotatable bonds is 5. The summed E-state index contributed by atoms with van der Waals surface area (Å²) >= 11 is 0. The van der Waals surface area contributed by atoms with Crippen molar-refractivity contribution in [2.24, 2.45) is 46.3 Å². The minimum absolute atomic E-state index is 0.332. The third-order valence-electron chi connectivity index (χ3n) is 10.1. The Balaban J connectivity index is 1.54. The van der Waals surface area contributed by atoms with Gasteiger partial charge in [0.25, 0.3) is 0 Å². The lowest BCUT2D eigenvalue weighted by atomic mass is 9.47. The standard InChI is InChI=1S/C27H44O/c1-18(2)9-8-10-19(3)21-12-13-22-25-23(14-16-27(21,22)5)26(4)15-7-6-11-20(26)17-24(25)28/h17-19,21-23,25H,6-16H2,1-5H3/t19-,21-,22+,23+,25+,26-,27-/m0/s1. The largest absolute Gasteiger partial charge is 0.295 e. The Kier molecular flexibility index (Phi) is 5.60. The Morgan fingerprint density at radius 2 is 1.79 bits per heavy atom. The molecule has 28 heavy (non-hydrogen) atoms. The van der Waals surface area contributed by atoms with Gasteiger partial charge in [-0.05, 0) is 91.4 Å². The Morgan fingerprint density at radius 1 is 1.00 bits per heavy atom. The van der Waals surface area contributed by atoms with Crippen LogP contribution in [0.25, 0.3) is 0 Å². The molecule has 0 aromatic rings. The van der Waals surface area contributed by atoms with Crippen molar-refractivity contribution in [1.82, 2.24) is 0 Å². The number of hydrogen-bond acceptors (Lipinski definition) is 1. The van der Waals surface area contributed by atoms with Gasteiger partial charge in [0.15, 0.2) is 5.78 Å². The minimum atomic E-state index is 0.332. The van der Waals surface area contributed by atoms with Crippen molar-refractivity contribution in [2.75, 3.05) is 0 Å². The molecule has 0 heterocycles. The molecule has 1 nitrogen and oxygen atoms in total. The topological polar surface area (TPSA) is 17.1 Å². The van der Waals surface area contributed by atoms with Crippen LogP contribution < -0.4 is 0 Å². The van der Waals surface area contributed by atoms with Crippen molar-refractivity contribution in [3.63, 3.8) is 0 Å². The van der Waals surface area contributed by atoms with Gasteiger partial charge in [-0.2, -0.15) is 0 Å². The van der Waals surface area contributed by atoms with Crippen LogP contribution in [-0.2, 0) is 4.79 Å². The molecule has 1 heteroatoms. The van der Waals surface area contributed by atoms with Gasteiger partial charge in [-0.25, -0.2) is 0 Å². The summed E-state index contributed by atoms with van der Waals surface area (Å²) < 4.78 is 0. The SMILES string of the molecule is CC(C)CCC[C@H](C)[C@@H]1CC[C@@H]2[C@H]3C(=O)C=C4CCCC[C@]4(C)[C@@H]3CC[C@]21C. The number of carbonyl (C=O) groups excluding carboxylic acids is 1. The molecule has 4 aliphatic carbocycles.